The molecule has 0 aliphatic heterocycles. The maximum absolute atomic E-state index is 11.9. The van der Waals surface area contributed by atoms with E-state index in [9.17, 15) is 14.4 Å². The van der Waals surface area contributed by atoms with Crippen molar-refractivity contribution in [1.82, 2.24) is 10.6 Å². The molecule has 0 radical (unpaired) electrons. The Balaban J connectivity index is 3.91. The van der Waals surface area contributed by atoms with Gasteiger partial charge in [-0.1, -0.05) is 13.8 Å². The highest BCUT2D eigenvalue weighted by Gasteiger charge is 2.19. The van der Waals surface area contributed by atoms with Crippen molar-refractivity contribution in [2.24, 2.45) is 0 Å². The Bertz CT molecular complexity index is 432. The molecule has 152 valence electrons. The quantitative estimate of drug-likeness (QED) is 0.424. The first-order valence-electron chi connectivity index (χ1n) is 9.43. The molecule has 26 heavy (non-hydrogen) atoms. The molecule has 0 aromatic carbocycles. The van der Waals surface area contributed by atoms with E-state index in [1.165, 1.54) is 0 Å². The van der Waals surface area contributed by atoms with E-state index in [0.29, 0.717) is 45.5 Å². The number of amides is 1. The SMILES string of the molecule is CCC(=O)CCC(NC(=O)COCCOCCNC(C)(C)C)C(=O)CC. The first kappa shape index (κ1) is 24.7. The minimum Gasteiger partial charge on any atom is -0.378 e. The van der Waals surface area contributed by atoms with Gasteiger partial charge in [0.15, 0.2) is 5.78 Å². The summed E-state index contributed by atoms with van der Waals surface area (Å²) in [5, 5.41) is 5.97. The average Bonchev–Trinajstić information content (AvgIpc) is 2.58. The van der Waals surface area contributed by atoms with E-state index >= 15 is 0 Å². The summed E-state index contributed by atoms with van der Waals surface area (Å²) in [5.41, 5.74) is 0.0617. The van der Waals surface area contributed by atoms with Gasteiger partial charge in [-0.2, -0.15) is 0 Å². The number of Topliss-reactive ketones (excluding diaryl/α,β-unsaturated/α-hetero) is 2. The van der Waals surface area contributed by atoms with E-state index in [2.05, 4.69) is 31.4 Å². The lowest BCUT2D eigenvalue weighted by Crippen LogP contribution is -2.42. The van der Waals surface area contributed by atoms with Gasteiger partial charge >= 0.3 is 0 Å². The third-order valence-electron chi connectivity index (χ3n) is 3.69. The minimum atomic E-state index is -0.619. The number of hydrogen-bond acceptors (Lipinski definition) is 6. The number of nitrogens with one attached hydrogen (secondary N) is 2. The van der Waals surface area contributed by atoms with Crippen LogP contribution in [0.25, 0.3) is 0 Å². The Morgan fingerprint density at radius 3 is 2.19 bits per heavy atom. The number of ketones is 2. The topological polar surface area (TPSA) is 93.7 Å². The summed E-state index contributed by atoms with van der Waals surface area (Å²) in [5.74, 6) is -0.338. The van der Waals surface area contributed by atoms with Gasteiger partial charge in [0, 0.05) is 31.3 Å². The third-order valence-corrected chi connectivity index (χ3v) is 3.69. The molecule has 0 bridgehead atoms. The Kier molecular flexibility index (Phi) is 13.1. The number of carbonyl (C=O) groups excluding carboxylic acids is 3. The van der Waals surface area contributed by atoms with Crippen molar-refractivity contribution in [2.75, 3.05) is 33.0 Å². The van der Waals surface area contributed by atoms with Crippen LogP contribution in [0.4, 0.5) is 0 Å². The lowest BCUT2D eigenvalue weighted by molar-refractivity contribution is -0.131. The highest BCUT2D eigenvalue weighted by molar-refractivity contribution is 5.89. The van der Waals surface area contributed by atoms with Crippen LogP contribution < -0.4 is 10.6 Å². The standard InChI is InChI=1S/C19H36N2O5/c1-6-15(22)8-9-16(17(23)7-2)21-18(24)14-26-13-12-25-11-10-20-19(3,4)5/h16,20H,6-14H2,1-5H3,(H,21,24). The lowest BCUT2D eigenvalue weighted by Gasteiger charge is -2.20. The summed E-state index contributed by atoms with van der Waals surface area (Å²) in [6.45, 7) is 11.7. The number of rotatable bonds is 15. The Hall–Kier alpha value is -1.31. The first-order chi connectivity index (χ1) is 12.2. The number of ether oxygens (including phenoxy) is 2. The van der Waals surface area contributed by atoms with Crippen molar-refractivity contribution in [3.05, 3.63) is 0 Å². The van der Waals surface area contributed by atoms with E-state index in [0.717, 1.165) is 6.54 Å². The smallest absolute Gasteiger partial charge is 0.246 e. The molecular formula is C19H36N2O5. The monoisotopic (exact) mass is 372 g/mol. The Labute approximate surface area is 157 Å². The molecule has 7 nitrogen and oxygen atoms in total. The maximum atomic E-state index is 11.9. The molecule has 0 rings (SSSR count). The van der Waals surface area contributed by atoms with Gasteiger partial charge in [-0.3, -0.25) is 14.4 Å². The second-order valence-corrected chi connectivity index (χ2v) is 7.21. The fraction of sp³-hybridized carbons (Fsp3) is 0.842. The van der Waals surface area contributed by atoms with Gasteiger partial charge in [-0.15, -0.1) is 0 Å². The summed E-state index contributed by atoms with van der Waals surface area (Å²) in [4.78, 5) is 35.2. The molecule has 0 aromatic rings. The van der Waals surface area contributed by atoms with Crippen molar-refractivity contribution >= 4 is 17.5 Å². The molecule has 0 saturated heterocycles. The van der Waals surface area contributed by atoms with Crippen LogP contribution in [0.2, 0.25) is 0 Å². The Morgan fingerprint density at radius 2 is 1.62 bits per heavy atom. The number of hydrogen-bond donors (Lipinski definition) is 2. The first-order valence-corrected chi connectivity index (χ1v) is 9.43. The van der Waals surface area contributed by atoms with Gasteiger partial charge in [0.05, 0.1) is 25.9 Å². The van der Waals surface area contributed by atoms with E-state index in [-0.39, 0.29) is 29.6 Å². The second-order valence-electron chi connectivity index (χ2n) is 7.21. The van der Waals surface area contributed by atoms with Crippen molar-refractivity contribution < 1.29 is 23.9 Å². The largest absolute Gasteiger partial charge is 0.378 e. The van der Waals surface area contributed by atoms with Crippen molar-refractivity contribution in [3.63, 3.8) is 0 Å². The Morgan fingerprint density at radius 1 is 0.962 bits per heavy atom. The van der Waals surface area contributed by atoms with Crippen LogP contribution in [0.15, 0.2) is 0 Å². The molecule has 0 saturated carbocycles. The molecule has 1 unspecified atom stereocenters. The highest BCUT2D eigenvalue weighted by Crippen LogP contribution is 2.04. The molecule has 0 aromatic heterocycles. The normalized spacial score (nSPS) is 12.7. The fourth-order valence-corrected chi connectivity index (χ4v) is 2.16. The molecule has 2 N–H and O–H groups in total. The molecule has 0 spiro atoms. The van der Waals surface area contributed by atoms with Crippen LogP contribution in [-0.4, -0.2) is 62.0 Å². The van der Waals surface area contributed by atoms with Crippen LogP contribution in [-0.2, 0) is 23.9 Å². The van der Waals surface area contributed by atoms with Gasteiger partial charge in [0.25, 0.3) is 0 Å². The van der Waals surface area contributed by atoms with Crippen molar-refractivity contribution in [2.45, 2.75) is 71.9 Å². The average molecular weight is 373 g/mol. The van der Waals surface area contributed by atoms with Crippen LogP contribution >= 0.6 is 0 Å². The summed E-state index contributed by atoms with van der Waals surface area (Å²) in [6.07, 6.45) is 1.40. The summed E-state index contributed by atoms with van der Waals surface area (Å²) < 4.78 is 10.7. The molecule has 7 heteroatoms. The maximum Gasteiger partial charge on any atom is 0.246 e. The van der Waals surface area contributed by atoms with Crippen molar-refractivity contribution in [3.8, 4) is 0 Å². The zero-order valence-corrected chi connectivity index (χ0v) is 17.0. The van der Waals surface area contributed by atoms with Crippen LogP contribution in [0.3, 0.4) is 0 Å². The van der Waals surface area contributed by atoms with Crippen LogP contribution in [0.5, 0.6) is 0 Å². The molecule has 0 aliphatic carbocycles. The molecular weight excluding hydrogens is 336 g/mol. The van der Waals surface area contributed by atoms with E-state index < -0.39 is 6.04 Å². The second kappa shape index (κ2) is 13.8. The van der Waals surface area contributed by atoms with Crippen LogP contribution in [0, 0.1) is 0 Å². The predicted octanol–water partition coefficient (Wildman–Crippen LogP) is 1.63. The van der Waals surface area contributed by atoms with Gasteiger partial charge in [-0.25, -0.2) is 0 Å². The van der Waals surface area contributed by atoms with Crippen molar-refractivity contribution in [1.29, 1.82) is 0 Å². The molecule has 1 atom stereocenters. The van der Waals surface area contributed by atoms with E-state index in [1.54, 1.807) is 13.8 Å². The summed E-state index contributed by atoms with van der Waals surface area (Å²) in [6, 6.07) is -0.619. The number of carbonyl (C=O) groups is 3. The predicted molar refractivity (Wildman–Crippen MR) is 101 cm³/mol. The molecule has 0 heterocycles. The van der Waals surface area contributed by atoms with Gasteiger partial charge in [0.2, 0.25) is 5.91 Å². The highest BCUT2D eigenvalue weighted by atomic mass is 16.5. The zero-order chi connectivity index (χ0) is 20.0. The summed E-state index contributed by atoms with van der Waals surface area (Å²) in [7, 11) is 0. The van der Waals surface area contributed by atoms with E-state index in [4.69, 9.17) is 9.47 Å². The zero-order valence-electron chi connectivity index (χ0n) is 17.0. The molecule has 0 aliphatic rings. The fourth-order valence-electron chi connectivity index (χ4n) is 2.16. The van der Waals surface area contributed by atoms with Crippen LogP contribution in [0.1, 0.15) is 60.3 Å². The van der Waals surface area contributed by atoms with E-state index in [1.807, 2.05) is 0 Å². The lowest BCUT2D eigenvalue weighted by atomic mass is 10.0. The molecule has 0 fully saturated rings. The minimum absolute atomic E-state index is 0.0617. The summed E-state index contributed by atoms with van der Waals surface area (Å²) >= 11 is 0. The third kappa shape index (κ3) is 13.9. The van der Waals surface area contributed by atoms with Gasteiger partial charge in [-0.05, 0) is 27.2 Å². The van der Waals surface area contributed by atoms with Gasteiger partial charge < -0.3 is 20.1 Å². The van der Waals surface area contributed by atoms with Gasteiger partial charge in [0.1, 0.15) is 12.4 Å². The molecule has 1 amide bonds.